The highest BCUT2D eigenvalue weighted by Gasteiger charge is 2.33. The molecule has 4 nitrogen and oxygen atoms in total. The topological polar surface area (TPSA) is 66.8 Å². The highest BCUT2D eigenvalue weighted by Crippen LogP contribution is 2.38. The maximum Gasteiger partial charge on any atom is 0.305 e. The molecule has 1 aliphatic carbocycles. The maximum atomic E-state index is 11.1. The van der Waals surface area contributed by atoms with Crippen molar-refractivity contribution in [2.45, 2.75) is 76.4 Å². The first-order valence-electron chi connectivity index (χ1n) is 10.7. The van der Waals surface area contributed by atoms with Crippen LogP contribution < -0.4 is 0 Å². The molecule has 1 saturated carbocycles. The Bertz CT molecular complexity index is 584. The third-order valence-electron chi connectivity index (χ3n) is 5.96. The Morgan fingerprint density at radius 2 is 2.00 bits per heavy atom. The molecular formula is C24H36O4. The molecule has 1 fully saturated rings. The predicted molar refractivity (Wildman–Crippen MR) is 112 cm³/mol. The van der Waals surface area contributed by atoms with Gasteiger partial charge >= 0.3 is 5.97 Å². The molecule has 2 N–H and O–H groups in total. The lowest BCUT2D eigenvalue weighted by atomic mass is 9.86. The van der Waals surface area contributed by atoms with Crippen LogP contribution in [0, 0.1) is 11.8 Å². The van der Waals surface area contributed by atoms with Gasteiger partial charge in [0.05, 0.1) is 19.3 Å². The van der Waals surface area contributed by atoms with E-state index in [1.807, 2.05) is 18.2 Å². The van der Waals surface area contributed by atoms with E-state index in [1.54, 1.807) is 0 Å². The summed E-state index contributed by atoms with van der Waals surface area (Å²) in [6, 6.07) is 10.3. The standard InChI is InChI=1S/C24H36O4/c1-28-24(27)12-8-3-2-7-11-20-14-18-23(26)22(20)17-16-21(25)15-13-19-9-5-4-6-10-19/h2,4-7,9-10,20-23,25-26H,3,8,11-18H2,1H3/b7-2-/t20-,21-,22+,23+/m0/s1. The highest BCUT2D eigenvalue weighted by atomic mass is 16.5. The van der Waals surface area contributed by atoms with Crippen LogP contribution in [0.1, 0.15) is 63.4 Å². The van der Waals surface area contributed by atoms with Gasteiger partial charge in [0.15, 0.2) is 0 Å². The second-order valence-corrected chi connectivity index (χ2v) is 8.00. The van der Waals surface area contributed by atoms with Crippen molar-refractivity contribution in [1.29, 1.82) is 0 Å². The zero-order valence-electron chi connectivity index (χ0n) is 17.1. The Hall–Kier alpha value is -1.65. The summed E-state index contributed by atoms with van der Waals surface area (Å²) in [4.78, 5) is 11.1. The first-order valence-corrected chi connectivity index (χ1v) is 10.7. The minimum atomic E-state index is -0.303. The van der Waals surface area contributed by atoms with Gasteiger partial charge in [-0.1, -0.05) is 42.5 Å². The van der Waals surface area contributed by atoms with E-state index in [9.17, 15) is 15.0 Å². The van der Waals surface area contributed by atoms with Crippen molar-refractivity contribution < 1.29 is 19.7 Å². The summed E-state index contributed by atoms with van der Waals surface area (Å²) in [5, 5.41) is 20.7. The molecule has 1 aromatic carbocycles. The van der Waals surface area contributed by atoms with Crippen LogP contribution in [0.4, 0.5) is 0 Å². The van der Waals surface area contributed by atoms with Gasteiger partial charge in [-0.25, -0.2) is 0 Å². The van der Waals surface area contributed by atoms with E-state index in [-0.39, 0.29) is 24.1 Å². The van der Waals surface area contributed by atoms with E-state index in [2.05, 4.69) is 29.0 Å². The number of hydrogen-bond acceptors (Lipinski definition) is 4. The maximum absolute atomic E-state index is 11.1. The molecule has 0 saturated heterocycles. The van der Waals surface area contributed by atoms with E-state index < -0.39 is 0 Å². The van der Waals surface area contributed by atoms with Crippen molar-refractivity contribution in [1.82, 2.24) is 0 Å². The average molecular weight is 389 g/mol. The molecule has 1 aliphatic rings. The molecule has 1 aromatic rings. The van der Waals surface area contributed by atoms with Crippen LogP contribution in [0.2, 0.25) is 0 Å². The molecule has 0 amide bonds. The normalized spacial score (nSPS) is 23.2. The molecular weight excluding hydrogens is 352 g/mol. The number of aryl methyl sites for hydroxylation is 1. The van der Waals surface area contributed by atoms with Gasteiger partial charge in [-0.15, -0.1) is 0 Å². The Morgan fingerprint density at radius 3 is 2.75 bits per heavy atom. The van der Waals surface area contributed by atoms with Crippen molar-refractivity contribution in [3.8, 4) is 0 Å². The third-order valence-corrected chi connectivity index (χ3v) is 5.96. The number of esters is 1. The summed E-state index contributed by atoms with van der Waals surface area (Å²) in [6.45, 7) is 0. The van der Waals surface area contributed by atoms with Crippen LogP contribution in [0.5, 0.6) is 0 Å². The second kappa shape index (κ2) is 12.7. The summed E-state index contributed by atoms with van der Waals surface area (Å²) in [6.07, 6.45) is 12.2. The van der Waals surface area contributed by atoms with Gasteiger partial charge in [0.25, 0.3) is 0 Å². The number of unbranched alkanes of at least 4 members (excludes halogenated alkanes) is 1. The molecule has 0 bridgehead atoms. The number of hydrogen-bond donors (Lipinski definition) is 2. The Kier molecular flexibility index (Phi) is 10.3. The lowest BCUT2D eigenvalue weighted by molar-refractivity contribution is -0.140. The number of methoxy groups -OCH3 is 1. The summed E-state index contributed by atoms with van der Waals surface area (Å²) < 4.78 is 4.64. The number of rotatable bonds is 12. The average Bonchev–Trinajstić information content (AvgIpc) is 3.07. The van der Waals surface area contributed by atoms with Crippen LogP contribution in [-0.4, -0.2) is 35.5 Å². The van der Waals surface area contributed by atoms with E-state index in [0.29, 0.717) is 12.3 Å². The predicted octanol–water partition coefficient (Wildman–Crippen LogP) is 4.44. The lowest BCUT2D eigenvalue weighted by Gasteiger charge is -2.22. The molecule has 28 heavy (non-hydrogen) atoms. The smallest absolute Gasteiger partial charge is 0.305 e. The minimum Gasteiger partial charge on any atom is -0.469 e. The van der Waals surface area contributed by atoms with Crippen LogP contribution in [0.3, 0.4) is 0 Å². The fourth-order valence-corrected chi connectivity index (χ4v) is 4.21. The van der Waals surface area contributed by atoms with E-state index in [1.165, 1.54) is 12.7 Å². The highest BCUT2D eigenvalue weighted by molar-refractivity contribution is 5.69. The number of allylic oxidation sites excluding steroid dienone is 2. The first-order chi connectivity index (χ1) is 13.6. The second-order valence-electron chi connectivity index (χ2n) is 8.00. The molecule has 0 aromatic heterocycles. The van der Waals surface area contributed by atoms with Crippen molar-refractivity contribution in [3.63, 3.8) is 0 Å². The minimum absolute atomic E-state index is 0.154. The zero-order valence-corrected chi connectivity index (χ0v) is 17.1. The van der Waals surface area contributed by atoms with Gasteiger partial charge in [0.1, 0.15) is 0 Å². The summed E-state index contributed by atoms with van der Waals surface area (Å²) in [5.41, 5.74) is 1.26. The monoisotopic (exact) mass is 388 g/mol. The van der Waals surface area contributed by atoms with E-state index in [4.69, 9.17) is 0 Å². The largest absolute Gasteiger partial charge is 0.469 e. The molecule has 0 unspecified atom stereocenters. The van der Waals surface area contributed by atoms with Crippen molar-refractivity contribution >= 4 is 5.97 Å². The van der Waals surface area contributed by atoms with Gasteiger partial charge in [0.2, 0.25) is 0 Å². The molecule has 0 radical (unpaired) electrons. The van der Waals surface area contributed by atoms with Crippen LogP contribution in [-0.2, 0) is 16.0 Å². The van der Waals surface area contributed by atoms with Gasteiger partial charge in [-0.3, -0.25) is 4.79 Å². The number of aliphatic hydroxyl groups is 2. The Labute approximate surface area is 169 Å². The molecule has 2 rings (SSSR count). The Morgan fingerprint density at radius 1 is 1.21 bits per heavy atom. The SMILES string of the molecule is COC(=O)CCC/C=C\C[C@H]1CC[C@@H](O)[C@@H]1CC[C@@H](O)CCc1ccccc1. The molecule has 0 heterocycles. The molecule has 0 spiro atoms. The quantitative estimate of drug-likeness (QED) is 0.316. The van der Waals surface area contributed by atoms with Crippen molar-refractivity contribution in [3.05, 3.63) is 48.0 Å². The number of ether oxygens (including phenoxy) is 1. The van der Waals surface area contributed by atoms with Gasteiger partial charge in [-0.05, 0) is 75.2 Å². The van der Waals surface area contributed by atoms with Gasteiger partial charge in [0, 0.05) is 6.42 Å². The third kappa shape index (κ3) is 8.15. The lowest BCUT2D eigenvalue weighted by Crippen LogP contribution is -2.21. The van der Waals surface area contributed by atoms with Crippen molar-refractivity contribution in [2.24, 2.45) is 11.8 Å². The Balaban J connectivity index is 1.66. The molecule has 4 heteroatoms. The number of benzene rings is 1. The van der Waals surface area contributed by atoms with E-state index in [0.717, 1.165) is 57.8 Å². The number of carbonyl (C=O) groups is 1. The number of carbonyl (C=O) groups excluding carboxylic acids is 1. The first kappa shape index (κ1) is 22.6. The molecule has 4 atom stereocenters. The summed E-state index contributed by atoms with van der Waals surface area (Å²) >= 11 is 0. The van der Waals surface area contributed by atoms with Crippen LogP contribution in [0.25, 0.3) is 0 Å². The van der Waals surface area contributed by atoms with Crippen LogP contribution >= 0.6 is 0 Å². The fourth-order valence-electron chi connectivity index (χ4n) is 4.21. The molecule has 156 valence electrons. The van der Waals surface area contributed by atoms with Crippen LogP contribution in [0.15, 0.2) is 42.5 Å². The summed E-state index contributed by atoms with van der Waals surface area (Å²) in [5.74, 6) is 0.623. The van der Waals surface area contributed by atoms with E-state index >= 15 is 0 Å². The zero-order chi connectivity index (χ0) is 20.2. The fraction of sp³-hybridized carbons (Fsp3) is 0.625. The van der Waals surface area contributed by atoms with Gasteiger partial charge in [-0.2, -0.15) is 0 Å². The summed E-state index contributed by atoms with van der Waals surface area (Å²) in [7, 11) is 1.42. The van der Waals surface area contributed by atoms with Gasteiger partial charge < -0.3 is 14.9 Å². The number of aliphatic hydroxyl groups excluding tert-OH is 2. The molecule has 0 aliphatic heterocycles. The van der Waals surface area contributed by atoms with Crippen molar-refractivity contribution in [2.75, 3.05) is 7.11 Å².